The highest BCUT2D eigenvalue weighted by atomic mass is 16.5. The van der Waals surface area contributed by atoms with Gasteiger partial charge in [-0.25, -0.2) is 0 Å². The van der Waals surface area contributed by atoms with Gasteiger partial charge in [0.15, 0.2) is 0 Å². The highest BCUT2D eigenvalue weighted by Crippen LogP contribution is 2.16. The number of rotatable bonds is 3. The molecule has 0 saturated carbocycles. The van der Waals surface area contributed by atoms with Crippen molar-refractivity contribution < 1.29 is 14.3 Å². The fraction of sp³-hybridized carbons (Fsp3) is 0.533. The largest absolute Gasteiger partial charge is 0.380 e. The number of hydrogen-bond acceptors (Lipinski definition) is 3. The number of carbonyl (C=O) groups is 1. The molecule has 2 rings (SSSR count). The molecule has 0 radical (unpaired) electrons. The Hall–Kier alpha value is -1.39. The van der Waals surface area contributed by atoms with Crippen molar-refractivity contribution >= 4 is 5.91 Å². The summed E-state index contributed by atoms with van der Waals surface area (Å²) in [6.07, 6.45) is 0.105. The van der Waals surface area contributed by atoms with Gasteiger partial charge in [-0.3, -0.25) is 4.79 Å². The zero-order valence-corrected chi connectivity index (χ0v) is 11.8. The molecule has 1 aliphatic rings. The number of carbonyl (C=O) groups excluding carboxylic acids is 1. The summed E-state index contributed by atoms with van der Waals surface area (Å²) in [7, 11) is 1.66. The minimum atomic E-state index is 0.0756. The Labute approximate surface area is 114 Å². The lowest BCUT2D eigenvalue weighted by Gasteiger charge is -2.36. The lowest BCUT2D eigenvalue weighted by atomic mass is 10.1. The van der Waals surface area contributed by atoms with E-state index in [4.69, 9.17) is 9.47 Å². The second-order valence-corrected chi connectivity index (χ2v) is 5.08. The summed E-state index contributed by atoms with van der Waals surface area (Å²) in [5.74, 6) is 0.0756. The molecule has 0 N–H and O–H groups in total. The highest BCUT2D eigenvalue weighted by Gasteiger charge is 2.28. The van der Waals surface area contributed by atoms with Gasteiger partial charge in [0.1, 0.15) is 0 Å². The van der Waals surface area contributed by atoms with Gasteiger partial charge in [-0.1, -0.05) is 12.1 Å². The molecule has 1 fully saturated rings. The fourth-order valence-electron chi connectivity index (χ4n) is 2.26. The summed E-state index contributed by atoms with van der Waals surface area (Å²) in [4.78, 5) is 14.4. The standard InChI is InChI=1S/C15H21NO3/c1-11-9-19-12(2)8-16(11)15(17)14-6-4-13(5-7-14)10-18-3/h4-7,11-12H,8-10H2,1-3H3. The van der Waals surface area contributed by atoms with E-state index in [0.29, 0.717) is 19.8 Å². The molecule has 4 nitrogen and oxygen atoms in total. The van der Waals surface area contributed by atoms with E-state index in [1.54, 1.807) is 7.11 Å². The molecular weight excluding hydrogens is 242 g/mol. The van der Waals surface area contributed by atoms with Crippen molar-refractivity contribution in [3.05, 3.63) is 35.4 Å². The van der Waals surface area contributed by atoms with E-state index in [1.165, 1.54) is 0 Å². The predicted molar refractivity (Wildman–Crippen MR) is 73.1 cm³/mol. The predicted octanol–water partition coefficient (Wildman–Crippen LogP) is 2.08. The zero-order valence-electron chi connectivity index (χ0n) is 11.8. The smallest absolute Gasteiger partial charge is 0.254 e. The van der Waals surface area contributed by atoms with Crippen molar-refractivity contribution in [2.75, 3.05) is 20.3 Å². The number of benzene rings is 1. The van der Waals surface area contributed by atoms with Crippen LogP contribution >= 0.6 is 0 Å². The van der Waals surface area contributed by atoms with Crippen LogP contribution in [0.3, 0.4) is 0 Å². The van der Waals surface area contributed by atoms with E-state index < -0.39 is 0 Å². The first-order valence-corrected chi connectivity index (χ1v) is 6.62. The third-order valence-corrected chi connectivity index (χ3v) is 3.38. The number of amides is 1. The van der Waals surface area contributed by atoms with Crippen LogP contribution in [0.5, 0.6) is 0 Å². The highest BCUT2D eigenvalue weighted by molar-refractivity contribution is 5.94. The second-order valence-electron chi connectivity index (χ2n) is 5.08. The molecule has 19 heavy (non-hydrogen) atoms. The maximum absolute atomic E-state index is 12.5. The van der Waals surface area contributed by atoms with Gasteiger partial charge in [0.25, 0.3) is 5.91 Å². The van der Waals surface area contributed by atoms with E-state index in [1.807, 2.05) is 43.0 Å². The zero-order chi connectivity index (χ0) is 13.8. The van der Waals surface area contributed by atoms with Crippen LogP contribution in [0.1, 0.15) is 29.8 Å². The van der Waals surface area contributed by atoms with Crippen LogP contribution in [0.15, 0.2) is 24.3 Å². The van der Waals surface area contributed by atoms with Gasteiger partial charge in [-0.2, -0.15) is 0 Å². The molecule has 1 aromatic rings. The summed E-state index contributed by atoms with van der Waals surface area (Å²) >= 11 is 0. The first-order chi connectivity index (χ1) is 9.11. The third-order valence-electron chi connectivity index (χ3n) is 3.38. The molecule has 0 aromatic heterocycles. The number of methoxy groups -OCH3 is 1. The van der Waals surface area contributed by atoms with Crippen LogP contribution in [-0.2, 0) is 16.1 Å². The SMILES string of the molecule is COCc1ccc(C(=O)N2CC(C)OCC2C)cc1. The van der Waals surface area contributed by atoms with Gasteiger partial charge in [-0.05, 0) is 31.5 Å². The lowest BCUT2D eigenvalue weighted by Crippen LogP contribution is -2.50. The molecule has 1 aromatic carbocycles. The van der Waals surface area contributed by atoms with Gasteiger partial charge in [0.2, 0.25) is 0 Å². The first-order valence-electron chi connectivity index (χ1n) is 6.62. The summed E-state index contributed by atoms with van der Waals surface area (Å²) in [5, 5.41) is 0. The van der Waals surface area contributed by atoms with Crippen molar-refractivity contribution in [3.8, 4) is 0 Å². The van der Waals surface area contributed by atoms with Crippen LogP contribution in [0.25, 0.3) is 0 Å². The molecule has 104 valence electrons. The topological polar surface area (TPSA) is 38.8 Å². The van der Waals surface area contributed by atoms with Crippen LogP contribution < -0.4 is 0 Å². The molecule has 0 bridgehead atoms. The molecule has 4 heteroatoms. The summed E-state index contributed by atoms with van der Waals surface area (Å²) in [5.41, 5.74) is 1.79. The van der Waals surface area contributed by atoms with Crippen LogP contribution in [0.4, 0.5) is 0 Å². The molecule has 0 spiro atoms. The maximum atomic E-state index is 12.5. The van der Waals surface area contributed by atoms with Gasteiger partial charge >= 0.3 is 0 Å². The van der Waals surface area contributed by atoms with Crippen LogP contribution in [0, 0.1) is 0 Å². The quantitative estimate of drug-likeness (QED) is 0.838. The Balaban J connectivity index is 2.09. The van der Waals surface area contributed by atoms with E-state index in [9.17, 15) is 4.79 Å². The van der Waals surface area contributed by atoms with E-state index in [-0.39, 0.29) is 18.1 Å². The number of ether oxygens (including phenoxy) is 2. The monoisotopic (exact) mass is 263 g/mol. The van der Waals surface area contributed by atoms with E-state index in [0.717, 1.165) is 11.1 Å². The lowest BCUT2D eigenvalue weighted by molar-refractivity contribution is -0.0387. The molecular formula is C15H21NO3. The third kappa shape index (κ3) is 3.33. The Morgan fingerprint density at radius 2 is 2.05 bits per heavy atom. The van der Waals surface area contributed by atoms with Crippen molar-refractivity contribution in [3.63, 3.8) is 0 Å². The molecule has 1 saturated heterocycles. The minimum Gasteiger partial charge on any atom is -0.380 e. The van der Waals surface area contributed by atoms with Crippen LogP contribution in [0.2, 0.25) is 0 Å². The van der Waals surface area contributed by atoms with Crippen LogP contribution in [-0.4, -0.2) is 43.2 Å². The van der Waals surface area contributed by atoms with Gasteiger partial charge in [0.05, 0.1) is 25.4 Å². The molecule has 1 heterocycles. The molecule has 2 atom stereocenters. The van der Waals surface area contributed by atoms with Gasteiger partial charge in [-0.15, -0.1) is 0 Å². The van der Waals surface area contributed by atoms with Gasteiger partial charge in [0, 0.05) is 19.2 Å². The average Bonchev–Trinajstić information content (AvgIpc) is 2.42. The van der Waals surface area contributed by atoms with Crippen molar-refractivity contribution in [2.45, 2.75) is 32.6 Å². The second kappa shape index (κ2) is 6.17. The van der Waals surface area contributed by atoms with Gasteiger partial charge < -0.3 is 14.4 Å². The Bertz CT molecular complexity index is 430. The summed E-state index contributed by atoms with van der Waals surface area (Å²) < 4.78 is 10.6. The van der Waals surface area contributed by atoms with Crippen molar-refractivity contribution in [1.82, 2.24) is 4.90 Å². The van der Waals surface area contributed by atoms with E-state index in [2.05, 4.69) is 0 Å². The Morgan fingerprint density at radius 1 is 1.37 bits per heavy atom. The number of nitrogens with zero attached hydrogens (tertiary/aromatic N) is 1. The summed E-state index contributed by atoms with van der Waals surface area (Å²) in [6.45, 7) is 5.84. The molecule has 1 aliphatic heterocycles. The number of hydrogen-bond donors (Lipinski definition) is 0. The normalized spacial score (nSPS) is 23.4. The Morgan fingerprint density at radius 3 is 2.68 bits per heavy atom. The summed E-state index contributed by atoms with van der Waals surface area (Å²) in [6, 6.07) is 7.73. The minimum absolute atomic E-state index is 0.0756. The average molecular weight is 263 g/mol. The molecule has 1 amide bonds. The first kappa shape index (κ1) is 14.0. The van der Waals surface area contributed by atoms with E-state index >= 15 is 0 Å². The van der Waals surface area contributed by atoms with Crippen molar-refractivity contribution in [1.29, 1.82) is 0 Å². The fourth-order valence-corrected chi connectivity index (χ4v) is 2.26. The molecule has 0 aliphatic carbocycles. The molecule has 2 unspecified atom stereocenters. The maximum Gasteiger partial charge on any atom is 0.254 e. The Kier molecular flexibility index (Phi) is 4.56. The van der Waals surface area contributed by atoms with Crippen molar-refractivity contribution in [2.24, 2.45) is 0 Å². The number of morpholine rings is 1.